The molecule has 0 saturated heterocycles. The first-order chi connectivity index (χ1) is 7.38. The number of nitrogens with one attached hydrogen (secondary N) is 1. The van der Waals surface area contributed by atoms with E-state index in [1.807, 2.05) is 0 Å². The minimum absolute atomic E-state index is 0.111. The quantitative estimate of drug-likeness (QED) is 0.641. The number of hydrogen-bond donors (Lipinski definition) is 3. The topological polar surface area (TPSA) is 122 Å². The lowest BCUT2D eigenvalue weighted by Gasteiger charge is -2.05. The molecule has 0 atom stereocenters. The number of carboxylic acids is 1. The van der Waals surface area contributed by atoms with Gasteiger partial charge in [0, 0.05) is 18.4 Å². The zero-order valence-corrected chi connectivity index (χ0v) is 9.07. The Morgan fingerprint density at radius 1 is 1.56 bits per heavy atom. The van der Waals surface area contributed by atoms with Crippen molar-refractivity contribution in [2.75, 3.05) is 17.6 Å². The van der Waals surface area contributed by atoms with Crippen LogP contribution in [-0.4, -0.2) is 36.8 Å². The van der Waals surface area contributed by atoms with Crippen molar-refractivity contribution in [3.63, 3.8) is 0 Å². The fourth-order valence-electron chi connectivity index (χ4n) is 0.995. The molecule has 0 bridgehead atoms. The fraction of sp³-hybridized carbons (Fsp3) is 0.250. The van der Waals surface area contributed by atoms with Crippen LogP contribution in [0, 0.1) is 0 Å². The van der Waals surface area contributed by atoms with Crippen LogP contribution in [0.1, 0.15) is 10.5 Å². The fourth-order valence-corrected chi connectivity index (χ4v) is 1.38. The molecule has 1 heterocycles. The molecule has 1 aromatic heterocycles. The molecule has 8 heteroatoms. The summed E-state index contributed by atoms with van der Waals surface area (Å²) in [6.45, 7) is 0.113. The molecule has 0 radical (unpaired) electrons. The molecule has 1 rings (SSSR count). The van der Waals surface area contributed by atoms with Crippen molar-refractivity contribution >= 4 is 21.7 Å². The van der Waals surface area contributed by atoms with Gasteiger partial charge in [-0.25, -0.2) is 23.3 Å². The summed E-state index contributed by atoms with van der Waals surface area (Å²) in [7, 11) is -3.52. The summed E-state index contributed by atoms with van der Waals surface area (Å²) < 4.78 is 21.3. The Morgan fingerprint density at radius 3 is 2.81 bits per heavy atom. The third kappa shape index (κ3) is 4.24. The zero-order valence-electron chi connectivity index (χ0n) is 8.25. The normalized spacial score (nSPS) is 11.1. The third-order valence-corrected chi connectivity index (χ3v) is 2.47. The number of carboxylic acid groups (broad SMARTS) is 1. The maximum atomic E-state index is 10.6. The van der Waals surface area contributed by atoms with Crippen molar-refractivity contribution in [1.82, 2.24) is 4.98 Å². The monoisotopic (exact) mass is 245 g/mol. The molecule has 0 unspecified atom stereocenters. The minimum Gasteiger partial charge on any atom is -0.477 e. The predicted octanol–water partition coefficient (Wildman–Crippen LogP) is -0.520. The van der Waals surface area contributed by atoms with Crippen molar-refractivity contribution in [2.45, 2.75) is 0 Å². The van der Waals surface area contributed by atoms with Crippen LogP contribution in [0.2, 0.25) is 0 Å². The SMILES string of the molecule is NS(=O)(=O)CCNc1ccnc(C(=O)O)c1. The van der Waals surface area contributed by atoms with E-state index in [1.165, 1.54) is 18.3 Å². The number of aromatic nitrogens is 1. The first-order valence-electron chi connectivity index (χ1n) is 4.32. The molecule has 0 saturated carbocycles. The van der Waals surface area contributed by atoms with Crippen molar-refractivity contribution in [1.29, 1.82) is 0 Å². The number of hydrogen-bond acceptors (Lipinski definition) is 5. The molecule has 4 N–H and O–H groups in total. The predicted molar refractivity (Wildman–Crippen MR) is 57.7 cm³/mol. The number of rotatable bonds is 5. The van der Waals surface area contributed by atoms with Gasteiger partial charge < -0.3 is 10.4 Å². The second-order valence-corrected chi connectivity index (χ2v) is 4.76. The van der Waals surface area contributed by atoms with E-state index in [0.717, 1.165) is 0 Å². The van der Waals surface area contributed by atoms with E-state index in [1.54, 1.807) is 0 Å². The maximum Gasteiger partial charge on any atom is 0.354 e. The number of sulfonamides is 1. The highest BCUT2D eigenvalue weighted by atomic mass is 32.2. The first kappa shape index (κ1) is 12.4. The molecular formula is C8H11N3O4S. The summed E-state index contributed by atoms with van der Waals surface area (Å²) in [6, 6.07) is 2.85. The van der Waals surface area contributed by atoms with E-state index in [9.17, 15) is 13.2 Å². The zero-order chi connectivity index (χ0) is 12.2. The van der Waals surface area contributed by atoms with Crippen LogP contribution in [0.15, 0.2) is 18.3 Å². The number of nitrogens with two attached hydrogens (primary N) is 1. The van der Waals surface area contributed by atoms with Crippen LogP contribution in [0.3, 0.4) is 0 Å². The number of aromatic carboxylic acids is 1. The van der Waals surface area contributed by atoms with Gasteiger partial charge in [-0.2, -0.15) is 0 Å². The average Bonchev–Trinajstić information content (AvgIpc) is 2.16. The van der Waals surface area contributed by atoms with Gasteiger partial charge in [0.25, 0.3) is 0 Å². The summed E-state index contributed by atoms with van der Waals surface area (Å²) in [5, 5.41) is 16.2. The summed E-state index contributed by atoms with van der Waals surface area (Å²) >= 11 is 0. The van der Waals surface area contributed by atoms with Crippen molar-refractivity contribution in [2.24, 2.45) is 5.14 Å². The van der Waals surface area contributed by atoms with E-state index in [2.05, 4.69) is 10.3 Å². The molecule has 16 heavy (non-hydrogen) atoms. The van der Waals surface area contributed by atoms with Crippen molar-refractivity contribution in [3.8, 4) is 0 Å². The smallest absolute Gasteiger partial charge is 0.354 e. The second-order valence-electron chi connectivity index (χ2n) is 3.03. The molecule has 88 valence electrons. The van der Waals surface area contributed by atoms with E-state index in [-0.39, 0.29) is 18.0 Å². The van der Waals surface area contributed by atoms with Gasteiger partial charge in [0.1, 0.15) is 5.69 Å². The van der Waals surface area contributed by atoms with Crippen LogP contribution in [0.5, 0.6) is 0 Å². The van der Waals surface area contributed by atoms with Crippen molar-refractivity contribution < 1.29 is 18.3 Å². The third-order valence-electron chi connectivity index (χ3n) is 1.69. The number of anilines is 1. The largest absolute Gasteiger partial charge is 0.477 e. The molecule has 0 aliphatic rings. The van der Waals surface area contributed by atoms with Crippen LogP contribution in [0.4, 0.5) is 5.69 Å². The summed E-state index contributed by atoms with van der Waals surface area (Å²) in [6.07, 6.45) is 1.32. The Balaban J connectivity index is 2.61. The number of nitrogens with zero attached hydrogens (tertiary/aromatic N) is 1. The summed E-state index contributed by atoms with van der Waals surface area (Å²) in [4.78, 5) is 14.2. The highest BCUT2D eigenvalue weighted by Gasteiger charge is 2.05. The first-order valence-corrected chi connectivity index (χ1v) is 6.04. The standard InChI is InChI=1S/C8H11N3O4S/c9-16(14,15)4-3-10-6-1-2-11-7(5-6)8(12)13/h1-2,5H,3-4H2,(H,10,11)(H,12,13)(H2,9,14,15). The van der Waals surface area contributed by atoms with Gasteiger partial charge in [-0.3, -0.25) is 0 Å². The van der Waals surface area contributed by atoms with Gasteiger partial charge in [-0.15, -0.1) is 0 Å². The van der Waals surface area contributed by atoms with Crippen LogP contribution in [0.25, 0.3) is 0 Å². The van der Waals surface area contributed by atoms with Gasteiger partial charge in [0.2, 0.25) is 10.0 Å². The maximum absolute atomic E-state index is 10.6. The van der Waals surface area contributed by atoms with Gasteiger partial charge in [-0.1, -0.05) is 0 Å². The van der Waals surface area contributed by atoms with E-state index in [4.69, 9.17) is 10.2 Å². The Morgan fingerprint density at radius 2 is 2.25 bits per heavy atom. The van der Waals surface area contributed by atoms with Crippen LogP contribution in [-0.2, 0) is 10.0 Å². The molecule has 1 aromatic rings. The molecule has 0 fully saturated rings. The number of pyridine rings is 1. The lowest BCUT2D eigenvalue weighted by atomic mass is 10.3. The second kappa shape index (κ2) is 4.90. The van der Waals surface area contributed by atoms with Gasteiger partial charge in [0.05, 0.1) is 5.75 Å². The number of carbonyl (C=O) groups is 1. The van der Waals surface area contributed by atoms with Gasteiger partial charge in [0.15, 0.2) is 0 Å². The molecule has 0 spiro atoms. The Labute approximate surface area is 92.4 Å². The highest BCUT2D eigenvalue weighted by molar-refractivity contribution is 7.89. The summed E-state index contributed by atoms with van der Waals surface area (Å²) in [5.41, 5.74) is 0.372. The Bertz CT molecular complexity index is 486. The lowest BCUT2D eigenvalue weighted by molar-refractivity contribution is 0.0690. The van der Waals surface area contributed by atoms with E-state index in [0.29, 0.717) is 5.69 Å². The lowest BCUT2D eigenvalue weighted by Crippen LogP contribution is -2.22. The van der Waals surface area contributed by atoms with Gasteiger partial charge >= 0.3 is 5.97 Å². The molecule has 7 nitrogen and oxygen atoms in total. The van der Waals surface area contributed by atoms with E-state index >= 15 is 0 Å². The molecular weight excluding hydrogens is 234 g/mol. The highest BCUT2D eigenvalue weighted by Crippen LogP contribution is 2.07. The molecule has 0 amide bonds. The summed E-state index contributed by atoms with van der Waals surface area (Å²) in [5.74, 6) is -1.37. The number of primary sulfonamides is 1. The average molecular weight is 245 g/mol. The van der Waals surface area contributed by atoms with Crippen LogP contribution >= 0.6 is 0 Å². The van der Waals surface area contributed by atoms with Crippen LogP contribution < -0.4 is 10.5 Å². The molecule has 0 aromatic carbocycles. The van der Waals surface area contributed by atoms with Crippen molar-refractivity contribution in [3.05, 3.63) is 24.0 Å². The Hall–Kier alpha value is -1.67. The molecule has 0 aliphatic carbocycles. The van der Waals surface area contributed by atoms with Gasteiger partial charge in [-0.05, 0) is 12.1 Å². The Kier molecular flexibility index (Phi) is 3.80. The minimum atomic E-state index is -3.52. The van der Waals surface area contributed by atoms with E-state index < -0.39 is 16.0 Å². The molecule has 0 aliphatic heterocycles.